The van der Waals surface area contributed by atoms with Crippen molar-refractivity contribution in [3.05, 3.63) is 71.2 Å². The molecule has 0 radical (unpaired) electrons. The van der Waals surface area contributed by atoms with E-state index in [1.165, 1.54) is 6.39 Å². The van der Waals surface area contributed by atoms with Gasteiger partial charge >= 0.3 is 0 Å². The van der Waals surface area contributed by atoms with Gasteiger partial charge in [0.1, 0.15) is 0 Å². The van der Waals surface area contributed by atoms with Gasteiger partial charge in [-0.2, -0.15) is 0 Å². The second-order valence-corrected chi connectivity index (χ2v) is 6.90. The zero-order valence-corrected chi connectivity index (χ0v) is 14.4. The molecule has 1 N–H and O–H groups in total. The molecule has 1 aromatic heterocycles. The molecule has 1 heterocycles. The van der Waals surface area contributed by atoms with Gasteiger partial charge in [-0.25, -0.2) is 4.98 Å². The summed E-state index contributed by atoms with van der Waals surface area (Å²) in [5.74, 6) is 0.763. The van der Waals surface area contributed by atoms with Crippen molar-refractivity contribution in [1.82, 2.24) is 4.98 Å². The lowest BCUT2D eigenvalue weighted by Crippen LogP contribution is -2.27. The highest BCUT2D eigenvalue weighted by molar-refractivity contribution is 9.10. The highest BCUT2D eigenvalue weighted by atomic mass is 79.9. The third-order valence-corrected chi connectivity index (χ3v) is 4.97. The molecule has 1 fully saturated rings. The van der Waals surface area contributed by atoms with Crippen LogP contribution < -0.4 is 5.32 Å². The highest BCUT2D eigenvalue weighted by Gasteiger charge is 2.51. The lowest BCUT2D eigenvalue weighted by Gasteiger charge is -2.16. The predicted molar refractivity (Wildman–Crippen MR) is 95.6 cm³/mol. The third kappa shape index (κ3) is 2.76. The molecule has 1 amide bonds. The molecule has 0 saturated heterocycles. The summed E-state index contributed by atoms with van der Waals surface area (Å²) in [6, 6.07) is 15.6. The number of nitrogens with zero attached hydrogens (tertiary/aromatic N) is 1. The van der Waals surface area contributed by atoms with Crippen LogP contribution in [0.15, 0.2) is 70.0 Å². The van der Waals surface area contributed by atoms with Crippen LogP contribution >= 0.6 is 15.9 Å². The van der Waals surface area contributed by atoms with E-state index in [0.29, 0.717) is 5.76 Å². The maximum Gasteiger partial charge on any atom is 0.235 e. The van der Waals surface area contributed by atoms with Crippen LogP contribution in [0, 0.1) is 0 Å². The summed E-state index contributed by atoms with van der Waals surface area (Å²) in [4.78, 5) is 16.7. The smallest absolute Gasteiger partial charge is 0.235 e. The lowest BCUT2D eigenvalue weighted by atomic mass is 9.95. The van der Waals surface area contributed by atoms with E-state index in [0.717, 1.165) is 34.1 Å². The van der Waals surface area contributed by atoms with Gasteiger partial charge in [0.15, 0.2) is 12.2 Å². The Labute approximate surface area is 148 Å². The Balaban J connectivity index is 1.51. The second-order valence-electron chi connectivity index (χ2n) is 5.99. The summed E-state index contributed by atoms with van der Waals surface area (Å²) in [7, 11) is 0. The normalized spacial score (nSPS) is 15.0. The molecule has 0 spiro atoms. The molecule has 4 nitrogen and oxygen atoms in total. The molecule has 3 aromatic rings. The fourth-order valence-corrected chi connectivity index (χ4v) is 3.13. The van der Waals surface area contributed by atoms with Crippen molar-refractivity contribution in [1.29, 1.82) is 0 Å². The number of amides is 1. The van der Waals surface area contributed by atoms with Crippen LogP contribution in [0.5, 0.6) is 0 Å². The largest absolute Gasteiger partial charge is 0.444 e. The molecule has 2 aromatic carbocycles. The number of hydrogen-bond donors (Lipinski definition) is 1. The zero-order valence-electron chi connectivity index (χ0n) is 12.8. The van der Waals surface area contributed by atoms with Crippen LogP contribution in [0.1, 0.15) is 18.4 Å². The van der Waals surface area contributed by atoms with Gasteiger partial charge in [0.25, 0.3) is 0 Å². The second kappa shape index (κ2) is 5.91. The van der Waals surface area contributed by atoms with Crippen molar-refractivity contribution < 1.29 is 9.21 Å². The number of anilines is 1. The van der Waals surface area contributed by atoms with Gasteiger partial charge in [-0.1, -0.05) is 28.1 Å². The van der Waals surface area contributed by atoms with Crippen molar-refractivity contribution >= 4 is 27.5 Å². The molecule has 24 heavy (non-hydrogen) atoms. The zero-order chi connectivity index (χ0) is 16.6. The Morgan fingerprint density at radius 2 is 1.79 bits per heavy atom. The molecule has 5 heteroatoms. The molecule has 120 valence electrons. The SMILES string of the molecule is O=C(Nc1ccc(-c2cnco2)cc1)C1(c2ccc(Br)cc2)CC1. The number of hydrogen-bond acceptors (Lipinski definition) is 3. The van der Waals surface area contributed by atoms with Crippen LogP contribution in [0.25, 0.3) is 11.3 Å². The third-order valence-electron chi connectivity index (χ3n) is 4.44. The Morgan fingerprint density at radius 1 is 1.08 bits per heavy atom. The minimum atomic E-state index is -0.385. The topological polar surface area (TPSA) is 55.1 Å². The first-order chi connectivity index (χ1) is 11.7. The van der Waals surface area contributed by atoms with E-state index in [1.807, 2.05) is 48.5 Å². The highest BCUT2D eigenvalue weighted by Crippen LogP contribution is 2.49. The number of nitrogens with one attached hydrogen (secondary N) is 1. The van der Waals surface area contributed by atoms with Crippen molar-refractivity contribution in [3.8, 4) is 11.3 Å². The number of benzene rings is 2. The number of aromatic nitrogens is 1. The van der Waals surface area contributed by atoms with Gasteiger partial charge in [0.05, 0.1) is 11.6 Å². The number of rotatable bonds is 4. The van der Waals surface area contributed by atoms with Gasteiger partial charge < -0.3 is 9.73 Å². The van der Waals surface area contributed by atoms with Crippen LogP contribution in [0.2, 0.25) is 0 Å². The van der Waals surface area contributed by atoms with E-state index in [1.54, 1.807) is 6.20 Å². The molecule has 0 atom stereocenters. The Hall–Kier alpha value is -2.40. The fraction of sp³-hybridized carbons (Fsp3) is 0.158. The van der Waals surface area contributed by atoms with E-state index >= 15 is 0 Å². The van der Waals surface area contributed by atoms with Crippen LogP contribution in [0.4, 0.5) is 5.69 Å². The monoisotopic (exact) mass is 382 g/mol. The van der Waals surface area contributed by atoms with Gasteiger partial charge in [-0.15, -0.1) is 0 Å². The summed E-state index contributed by atoms with van der Waals surface area (Å²) in [6.07, 6.45) is 4.84. The average molecular weight is 383 g/mol. The van der Waals surface area contributed by atoms with E-state index in [9.17, 15) is 4.79 Å². The van der Waals surface area contributed by atoms with Crippen molar-refractivity contribution in [3.63, 3.8) is 0 Å². The summed E-state index contributed by atoms with van der Waals surface area (Å²) >= 11 is 3.43. The number of oxazole rings is 1. The van der Waals surface area contributed by atoms with Gasteiger partial charge in [-0.3, -0.25) is 4.79 Å². The minimum Gasteiger partial charge on any atom is -0.444 e. The van der Waals surface area contributed by atoms with E-state index in [4.69, 9.17) is 4.42 Å². The molecular formula is C19H15BrN2O2. The fourth-order valence-electron chi connectivity index (χ4n) is 2.87. The van der Waals surface area contributed by atoms with Gasteiger partial charge in [-0.05, 0) is 54.8 Å². The average Bonchev–Trinajstić information content (AvgIpc) is 3.23. The van der Waals surface area contributed by atoms with Crippen molar-refractivity contribution in [2.75, 3.05) is 5.32 Å². The molecule has 1 saturated carbocycles. The van der Waals surface area contributed by atoms with Gasteiger partial charge in [0, 0.05) is 15.7 Å². The van der Waals surface area contributed by atoms with E-state index < -0.39 is 0 Å². The maximum atomic E-state index is 12.7. The number of carbonyl (C=O) groups excluding carboxylic acids is 1. The summed E-state index contributed by atoms with van der Waals surface area (Å²) in [5.41, 5.74) is 2.40. The Kier molecular flexibility index (Phi) is 3.73. The van der Waals surface area contributed by atoms with Gasteiger partial charge in [0.2, 0.25) is 5.91 Å². The van der Waals surface area contributed by atoms with E-state index in [2.05, 4.69) is 26.2 Å². The molecule has 1 aliphatic rings. The van der Waals surface area contributed by atoms with Crippen LogP contribution in [0.3, 0.4) is 0 Å². The molecular weight excluding hydrogens is 368 g/mol. The molecule has 0 aliphatic heterocycles. The molecule has 4 rings (SSSR count). The molecule has 0 bridgehead atoms. The Bertz CT molecular complexity index is 851. The molecule has 0 unspecified atom stereocenters. The van der Waals surface area contributed by atoms with Crippen LogP contribution in [-0.2, 0) is 10.2 Å². The van der Waals surface area contributed by atoms with Crippen LogP contribution in [-0.4, -0.2) is 10.9 Å². The first kappa shape index (κ1) is 15.1. The summed E-state index contributed by atoms with van der Waals surface area (Å²) in [5, 5.41) is 3.03. The lowest BCUT2D eigenvalue weighted by molar-refractivity contribution is -0.118. The first-order valence-electron chi connectivity index (χ1n) is 7.74. The summed E-state index contributed by atoms with van der Waals surface area (Å²) < 4.78 is 6.29. The quantitative estimate of drug-likeness (QED) is 0.706. The summed E-state index contributed by atoms with van der Waals surface area (Å²) in [6.45, 7) is 0. The standard InChI is InChI=1S/C19H15BrN2O2/c20-15-5-3-14(4-6-15)19(9-10-19)18(23)22-16-7-1-13(2-8-16)17-11-21-12-24-17/h1-8,11-12H,9-10H2,(H,22,23). The minimum absolute atomic E-state index is 0.0530. The van der Waals surface area contributed by atoms with E-state index in [-0.39, 0.29) is 11.3 Å². The van der Waals surface area contributed by atoms with Crippen molar-refractivity contribution in [2.45, 2.75) is 18.3 Å². The number of carbonyl (C=O) groups is 1. The predicted octanol–water partition coefficient (Wildman–Crippen LogP) is 4.77. The Morgan fingerprint density at radius 3 is 2.38 bits per heavy atom. The number of halogens is 1. The first-order valence-corrected chi connectivity index (χ1v) is 8.53. The maximum absolute atomic E-state index is 12.7. The molecule has 1 aliphatic carbocycles. The van der Waals surface area contributed by atoms with Crippen molar-refractivity contribution in [2.24, 2.45) is 0 Å².